The lowest BCUT2D eigenvalue weighted by atomic mass is 10.1. The highest BCUT2D eigenvalue weighted by atomic mass is 35.5. The van der Waals surface area contributed by atoms with Gasteiger partial charge in [0.2, 0.25) is 11.8 Å². The van der Waals surface area contributed by atoms with Crippen molar-refractivity contribution in [2.75, 3.05) is 32.8 Å². The number of hydrogen-bond acceptors (Lipinski definition) is 3. The molecule has 118 valence electrons. The van der Waals surface area contributed by atoms with E-state index >= 15 is 0 Å². The van der Waals surface area contributed by atoms with Crippen molar-refractivity contribution in [1.29, 1.82) is 0 Å². The molecule has 1 aromatic carbocycles. The normalized spacial score (nSPS) is 22.2. The summed E-state index contributed by atoms with van der Waals surface area (Å²) < 4.78 is 5.25. The van der Waals surface area contributed by atoms with Gasteiger partial charge < -0.3 is 14.5 Å². The van der Waals surface area contributed by atoms with E-state index in [0.717, 1.165) is 12.0 Å². The zero-order chi connectivity index (χ0) is 15.5. The summed E-state index contributed by atoms with van der Waals surface area (Å²) in [4.78, 5) is 28.0. The summed E-state index contributed by atoms with van der Waals surface area (Å²) in [6.45, 7) is 3.02. The Morgan fingerprint density at radius 3 is 2.68 bits per heavy atom. The van der Waals surface area contributed by atoms with E-state index in [2.05, 4.69) is 0 Å². The number of amides is 2. The summed E-state index contributed by atoms with van der Waals surface area (Å²) >= 11 is 5.86. The molecule has 2 aliphatic rings. The van der Waals surface area contributed by atoms with Crippen molar-refractivity contribution in [3.8, 4) is 0 Å². The Hall–Kier alpha value is -1.59. The maximum atomic E-state index is 12.3. The van der Waals surface area contributed by atoms with E-state index in [1.54, 1.807) is 9.80 Å². The van der Waals surface area contributed by atoms with Crippen LogP contribution < -0.4 is 0 Å². The molecule has 2 aliphatic heterocycles. The number of carbonyl (C=O) groups excluding carboxylic acids is 2. The fourth-order valence-electron chi connectivity index (χ4n) is 2.86. The van der Waals surface area contributed by atoms with E-state index in [0.29, 0.717) is 37.9 Å². The second-order valence-corrected chi connectivity index (χ2v) is 6.20. The summed E-state index contributed by atoms with van der Waals surface area (Å²) in [5.74, 6) is -0.0268. The van der Waals surface area contributed by atoms with E-state index in [9.17, 15) is 9.59 Å². The minimum absolute atomic E-state index is 0.00605. The lowest BCUT2D eigenvalue weighted by molar-refractivity contribution is -0.148. The third kappa shape index (κ3) is 3.42. The second-order valence-electron chi connectivity index (χ2n) is 5.76. The van der Waals surface area contributed by atoms with E-state index in [-0.39, 0.29) is 24.3 Å². The monoisotopic (exact) mass is 322 g/mol. The molecule has 3 rings (SSSR count). The van der Waals surface area contributed by atoms with Crippen LogP contribution in [0.5, 0.6) is 0 Å². The summed E-state index contributed by atoms with van der Waals surface area (Å²) in [5, 5.41) is 0.685. The SMILES string of the molecule is O=C1CN(C(=O)[C@H]2CCOC2)CCN1Cc1ccc(Cl)cc1. The van der Waals surface area contributed by atoms with Crippen LogP contribution in [0.25, 0.3) is 0 Å². The molecular weight excluding hydrogens is 304 g/mol. The lowest BCUT2D eigenvalue weighted by Gasteiger charge is -2.35. The number of halogens is 1. The topological polar surface area (TPSA) is 49.9 Å². The van der Waals surface area contributed by atoms with Crippen LogP contribution in [-0.2, 0) is 20.9 Å². The van der Waals surface area contributed by atoms with Gasteiger partial charge in [-0.2, -0.15) is 0 Å². The molecule has 0 N–H and O–H groups in total. The first kappa shape index (κ1) is 15.3. The molecule has 2 heterocycles. The van der Waals surface area contributed by atoms with Crippen LogP contribution in [0.3, 0.4) is 0 Å². The highest BCUT2D eigenvalue weighted by Crippen LogP contribution is 2.18. The molecule has 0 bridgehead atoms. The van der Waals surface area contributed by atoms with Crippen LogP contribution >= 0.6 is 11.6 Å². The minimum Gasteiger partial charge on any atom is -0.381 e. The molecule has 2 saturated heterocycles. The zero-order valence-corrected chi connectivity index (χ0v) is 13.1. The highest BCUT2D eigenvalue weighted by molar-refractivity contribution is 6.30. The summed E-state index contributed by atoms with van der Waals surface area (Å²) in [5.41, 5.74) is 1.04. The first-order valence-electron chi connectivity index (χ1n) is 7.52. The van der Waals surface area contributed by atoms with Gasteiger partial charge in [-0.3, -0.25) is 9.59 Å². The van der Waals surface area contributed by atoms with Crippen LogP contribution in [0.4, 0.5) is 0 Å². The third-order valence-corrected chi connectivity index (χ3v) is 4.45. The smallest absolute Gasteiger partial charge is 0.242 e. The van der Waals surface area contributed by atoms with Gasteiger partial charge in [0.25, 0.3) is 0 Å². The molecule has 0 spiro atoms. The van der Waals surface area contributed by atoms with Crippen LogP contribution in [0, 0.1) is 5.92 Å². The van der Waals surface area contributed by atoms with Crippen molar-refractivity contribution in [3.05, 3.63) is 34.9 Å². The summed E-state index contributed by atoms with van der Waals surface area (Å²) in [7, 11) is 0. The van der Waals surface area contributed by atoms with E-state index in [4.69, 9.17) is 16.3 Å². The van der Waals surface area contributed by atoms with Gasteiger partial charge in [0.05, 0.1) is 19.1 Å². The number of benzene rings is 1. The average Bonchev–Trinajstić information content (AvgIpc) is 3.05. The number of ether oxygens (including phenoxy) is 1. The Morgan fingerprint density at radius 2 is 2.05 bits per heavy atom. The number of piperazine rings is 1. The van der Waals surface area contributed by atoms with Gasteiger partial charge in [-0.15, -0.1) is 0 Å². The summed E-state index contributed by atoms with van der Waals surface area (Å²) in [6, 6.07) is 7.48. The van der Waals surface area contributed by atoms with Crippen molar-refractivity contribution >= 4 is 23.4 Å². The quantitative estimate of drug-likeness (QED) is 0.848. The Kier molecular flexibility index (Phi) is 4.64. The van der Waals surface area contributed by atoms with Gasteiger partial charge in [0, 0.05) is 31.3 Å². The van der Waals surface area contributed by atoms with Crippen molar-refractivity contribution in [2.24, 2.45) is 5.92 Å². The fraction of sp³-hybridized carbons (Fsp3) is 0.500. The molecular formula is C16H19ClN2O3. The molecule has 6 heteroatoms. The van der Waals surface area contributed by atoms with Crippen molar-refractivity contribution in [1.82, 2.24) is 9.80 Å². The summed E-state index contributed by atoms with van der Waals surface area (Å²) in [6.07, 6.45) is 0.762. The molecule has 22 heavy (non-hydrogen) atoms. The highest BCUT2D eigenvalue weighted by Gasteiger charge is 2.32. The predicted octanol–water partition coefficient (Wildman–Crippen LogP) is 1.55. The van der Waals surface area contributed by atoms with Gasteiger partial charge >= 0.3 is 0 Å². The van der Waals surface area contributed by atoms with Gasteiger partial charge in [0.1, 0.15) is 0 Å². The molecule has 5 nitrogen and oxygen atoms in total. The lowest BCUT2D eigenvalue weighted by Crippen LogP contribution is -2.53. The second kappa shape index (κ2) is 6.67. The molecule has 0 aliphatic carbocycles. The Morgan fingerprint density at radius 1 is 1.27 bits per heavy atom. The molecule has 0 saturated carbocycles. The minimum atomic E-state index is -0.0735. The van der Waals surface area contributed by atoms with Gasteiger partial charge in [0.15, 0.2) is 0 Å². The standard InChI is InChI=1S/C16H19ClN2O3/c17-14-3-1-12(2-4-14)9-18-6-7-19(10-15(18)20)16(21)13-5-8-22-11-13/h1-4,13H,5-11H2/t13-/m0/s1. The van der Waals surface area contributed by atoms with Crippen LogP contribution in [0.15, 0.2) is 24.3 Å². The van der Waals surface area contributed by atoms with Gasteiger partial charge in [-0.1, -0.05) is 23.7 Å². The fourth-order valence-corrected chi connectivity index (χ4v) is 2.99. The number of rotatable bonds is 3. The number of carbonyl (C=O) groups is 2. The predicted molar refractivity (Wildman–Crippen MR) is 82.4 cm³/mol. The molecule has 1 atom stereocenters. The van der Waals surface area contributed by atoms with Crippen molar-refractivity contribution in [2.45, 2.75) is 13.0 Å². The number of nitrogens with zero attached hydrogens (tertiary/aromatic N) is 2. The van der Waals surface area contributed by atoms with E-state index < -0.39 is 0 Å². The van der Waals surface area contributed by atoms with E-state index in [1.165, 1.54) is 0 Å². The van der Waals surface area contributed by atoms with Gasteiger partial charge in [-0.25, -0.2) is 0 Å². The largest absolute Gasteiger partial charge is 0.381 e. The molecule has 0 aromatic heterocycles. The molecule has 2 fully saturated rings. The third-order valence-electron chi connectivity index (χ3n) is 4.20. The molecule has 0 unspecified atom stereocenters. The van der Waals surface area contributed by atoms with Crippen LogP contribution in [-0.4, -0.2) is 54.5 Å². The average molecular weight is 323 g/mol. The first-order valence-corrected chi connectivity index (χ1v) is 7.90. The maximum Gasteiger partial charge on any atom is 0.242 e. The van der Waals surface area contributed by atoms with Crippen LogP contribution in [0.1, 0.15) is 12.0 Å². The van der Waals surface area contributed by atoms with Crippen LogP contribution in [0.2, 0.25) is 5.02 Å². The molecule has 2 amide bonds. The van der Waals surface area contributed by atoms with E-state index in [1.807, 2.05) is 24.3 Å². The maximum absolute atomic E-state index is 12.3. The number of hydrogen-bond donors (Lipinski definition) is 0. The Labute approximate surface area is 134 Å². The Balaban J connectivity index is 1.56. The Bertz CT molecular complexity index is 555. The van der Waals surface area contributed by atoms with Crippen molar-refractivity contribution in [3.63, 3.8) is 0 Å². The van der Waals surface area contributed by atoms with Crippen molar-refractivity contribution < 1.29 is 14.3 Å². The zero-order valence-electron chi connectivity index (χ0n) is 12.3. The first-order chi connectivity index (χ1) is 10.6. The molecule has 0 radical (unpaired) electrons. The van der Waals surface area contributed by atoms with Gasteiger partial charge in [-0.05, 0) is 24.1 Å². The molecule has 1 aromatic rings.